The molecule has 6 nitrogen and oxygen atoms in total. The number of carbonyl (C=O) groups is 1. The van der Waals surface area contributed by atoms with Gasteiger partial charge >= 0.3 is 0 Å². The molecule has 2 N–H and O–H groups in total. The summed E-state index contributed by atoms with van der Waals surface area (Å²) in [4.78, 5) is 11.1. The maximum absolute atomic E-state index is 11.1. The van der Waals surface area contributed by atoms with Gasteiger partial charge < -0.3 is 24.6 Å². The van der Waals surface area contributed by atoms with E-state index in [2.05, 4.69) is 5.32 Å². The van der Waals surface area contributed by atoms with E-state index < -0.39 is 0 Å². The summed E-state index contributed by atoms with van der Waals surface area (Å²) in [5.74, 6) is -0.177. The van der Waals surface area contributed by atoms with Crippen LogP contribution >= 0.6 is 0 Å². The highest BCUT2D eigenvalue weighted by atomic mass is 16.5. The fourth-order valence-electron chi connectivity index (χ4n) is 0.907. The molecule has 0 aromatic rings. The molecule has 16 heavy (non-hydrogen) atoms. The Morgan fingerprint density at radius 2 is 1.88 bits per heavy atom. The molecule has 0 aromatic carbocycles. The normalized spacial score (nSPS) is 10.4. The molecule has 0 heterocycles. The fraction of sp³-hybridized carbons (Fsp3) is 0.900. The van der Waals surface area contributed by atoms with Crippen molar-refractivity contribution in [1.82, 2.24) is 5.32 Å². The summed E-state index contributed by atoms with van der Waals surface area (Å²) in [5.41, 5.74) is 0. The van der Waals surface area contributed by atoms with Crippen LogP contribution in [0.15, 0.2) is 0 Å². The van der Waals surface area contributed by atoms with Gasteiger partial charge in [-0.15, -0.1) is 0 Å². The van der Waals surface area contributed by atoms with Crippen molar-refractivity contribution in [3.8, 4) is 0 Å². The fourth-order valence-corrected chi connectivity index (χ4v) is 0.907. The van der Waals surface area contributed by atoms with Crippen LogP contribution in [0.2, 0.25) is 0 Å². The Balaban J connectivity index is 3.12. The summed E-state index contributed by atoms with van der Waals surface area (Å²) in [6.07, 6.45) is 0. The van der Waals surface area contributed by atoms with Gasteiger partial charge in [-0.2, -0.15) is 0 Å². The molecule has 0 spiro atoms. The average Bonchev–Trinajstić information content (AvgIpc) is 2.28. The zero-order chi connectivity index (χ0) is 12.1. The molecule has 0 radical (unpaired) electrons. The Hall–Kier alpha value is -0.690. The van der Waals surface area contributed by atoms with E-state index >= 15 is 0 Å². The van der Waals surface area contributed by atoms with Gasteiger partial charge in [-0.3, -0.25) is 4.79 Å². The smallest absolute Gasteiger partial charge is 0.246 e. The third kappa shape index (κ3) is 11.4. The lowest BCUT2D eigenvalue weighted by Gasteiger charge is -2.06. The van der Waals surface area contributed by atoms with Crippen LogP contribution in [0.3, 0.4) is 0 Å². The largest absolute Gasteiger partial charge is 0.394 e. The Morgan fingerprint density at radius 1 is 1.12 bits per heavy atom. The highest BCUT2D eigenvalue weighted by molar-refractivity contribution is 5.77. The number of carbonyl (C=O) groups excluding carboxylic acids is 1. The van der Waals surface area contributed by atoms with Crippen LogP contribution in [0.5, 0.6) is 0 Å². The number of aliphatic hydroxyl groups is 1. The van der Waals surface area contributed by atoms with Crippen molar-refractivity contribution in [1.29, 1.82) is 0 Å². The third-order valence-electron chi connectivity index (χ3n) is 1.61. The minimum atomic E-state index is -0.177. The van der Waals surface area contributed by atoms with E-state index in [1.165, 1.54) is 0 Å². The molecule has 0 aliphatic heterocycles. The predicted octanol–water partition coefficient (Wildman–Crippen LogP) is -0.835. The molecule has 0 bridgehead atoms. The lowest BCUT2D eigenvalue weighted by molar-refractivity contribution is -0.126. The number of hydrogen-bond donors (Lipinski definition) is 2. The van der Waals surface area contributed by atoms with Crippen molar-refractivity contribution >= 4 is 5.91 Å². The molecule has 96 valence electrons. The van der Waals surface area contributed by atoms with Gasteiger partial charge in [0, 0.05) is 13.2 Å². The minimum Gasteiger partial charge on any atom is -0.394 e. The van der Waals surface area contributed by atoms with Gasteiger partial charge in [0.05, 0.1) is 33.0 Å². The molecule has 0 rings (SSSR count). The molecular formula is C10H21NO5. The lowest BCUT2D eigenvalue weighted by atomic mass is 10.6. The second-order valence-corrected chi connectivity index (χ2v) is 2.94. The van der Waals surface area contributed by atoms with Crippen molar-refractivity contribution in [2.75, 3.05) is 52.8 Å². The van der Waals surface area contributed by atoms with Crippen LogP contribution in [0, 0.1) is 0 Å². The van der Waals surface area contributed by atoms with Crippen molar-refractivity contribution < 1.29 is 24.1 Å². The monoisotopic (exact) mass is 235 g/mol. The number of aliphatic hydroxyl groups excluding tert-OH is 1. The highest BCUT2D eigenvalue weighted by Crippen LogP contribution is 1.79. The molecule has 0 unspecified atom stereocenters. The second kappa shape index (κ2) is 12.4. The van der Waals surface area contributed by atoms with Gasteiger partial charge in [0.15, 0.2) is 0 Å². The molecule has 0 aliphatic rings. The molecule has 0 aromatic heterocycles. The lowest BCUT2D eigenvalue weighted by Crippen LogP contribution is -2.31. The highest BCUT2D eigenvalue weighted by Gasteiger charge is 1.99. The van der Waals surface area contributed by atoms with Gasteiger partial charge in [0.1, 0.15) is 6.61 Å². The van der Waals surface area contributed by atoms with E-state index in [4.69, 9.17) is 19.3 Å². The van der Waals surface area contributed by atoms with Gasteiger partial charge in [0.2, 0.25) is 5.91 Å². The van der Waals surface area contributed by atoms with Crippen LogP contribution in [0.4, 0.5) is 0 Å². The van der Waals surface area contributed by atoms with Crippen LogP contribution in [-0.2, 0) is 19.0 Å². The Morgan fingerprint density at radius 3 is 2.56 bits per heavy atom. The Bertz CT molecular complexity index is 149. The average molecular weight is 235 g/mol. The van der Waals surface area contributed by atoms with Gasteiger partial charge in [-0.1, -0.05) is 0 Å². The van der Waals surface area contributed by atoms with Gasteiger partial charge in [-0.25, -0.2) is 0 Å². The van der Waals surface area contributed by atoms with Crippen LogP contribution in [0.25, 0.3) is 0 Å². The molecule has 0 aliphatic carbocycles. The van der Waals surface area contributed by atoms with E-state index in [0.29, 0.717) is 39.6 Å². The van der Waals surface area contributed by atoms with E-state index in [-0.39, 0.29) is 19.1 Å². The minimum absolute atomic E-state index is 0.00547. The number of rotatable bonds is 11. The summed E-state index contributed by atoms with van der Waals surface area (Å²) < 4.78 is 15.1. The summed E-state index contributed by atoms with van der Waals surface area (Å²) in [5, 5.41) is 11.0. The first-order chi connectivity index (χ1) is 7.81. The zero-order valence-electron chi connectivity index (χ0n) is 9.74. The SMILES string of the molecule is CCOCCOCC(=O)NCCOCCO. The van der Waals surface area contributed by atoms with Gasteiger partial charge in [-0.05, 0) is 6.92 Å². The topological polar surface area (TPSA) is 77.0 Å². The first-order valence-corrected chi connectivity index (χ1v) is 5.42. The first kappa shape index (κ1) is 15.3. The summed E-state index contributed by atoms with van der Waals surface area (Å²) in [7, 11) is 0. The molecular weight excluding hydrogens is 214 g/mol. The summed E-state index contributed by atoms with van der Waals surface area (Å²) in [6.45, 7) is 4.61. The van der Waals surface area contributed by atoms with E-state index in [1.807, 2.05) is 6.92 Å². The number of amides is 1. The molecule has 1 amide bonds. The second-order valence-electron chi connectivity index (χ2n) is 2.94. The summed E-state index contributed by atoms with van der Waals surface area (Å²) in [6, 6.07) is 0. The Labute approximate surface area is 95.9 Å². The summed E-state index contributed by atoms with van der Waals surface area (Å²) >= 11 is 0. The number of nitrogens with one attached hydrogen (secondary N) is 1. The van der Waals surface area contributed by atoms with E-state index in [9.17, 15) is 4.79 Å². The number of ether oxygens (including phenoxy) is 3. The Kier molecular flexibility index (Phi) is 11.8. The van der Waals surface area contributed by atoms with Crippen LogP contribution < -0.4 is 5.32 Å². The van der Waals surface area contributed by atoms with Gasteiger partial charge in [0.25, 0.3) is 0 Å². The van der Waals surface area contributed by atoms with E-state index in [1.54, 1.807) is 0 Å². The van der Waals surface area contributed by atoms with Crippen LogP contribution in [0.1, 0.15) is 6.92 Å². The first-order valence-electron chi connectivity index (χ1n) is 5.42. The zero-order valence-corrected chi connectivity index (χ0v) is 9.74. The van der Waals surface area contributed by atoms with Crippen molar-refractivity contribution in [3.05, 3.63) is 0 Å². The maximum atomic E-state index is 11.1. The van der Waals surface area contributed by atoms with E-state index in [0.717, 1.165) is 0 Å². The molecule has 0 saturated carbocycles. The predicted molar refractivity (Wildman–Crippen MR) is 58.2 cm³/mol. The molecule has 0 atom stereocenters. The maximum Gasteiger partial charge on any atom is 0.246 e. The number of hydrogen-bond acceptors (Lipinski definition) is 5. The molecule has 6 heteroatoms. The standard InChI is InChI=1S/C10H21NO5/c1-2-14-7-8-16-9-10(13)11-3-5-15-6-4-12/h12H,2-9H2,1H3,(H,11,13). The van der Waals surface area contributed by atoms with Crippen LogP contribution in [-0.4, -0.2) is 63.8 Å². The van der Waals surface area contributed by atoms with Crippen molar-refractivity contribution in [2.45, 2.75) is 6.92 Å². The third-order valence-corrected chi connectivity index (χ3v) is 1.61. The molecule has 0 saturated heterocycles. The molecule has 0 fully saturated rings. The van der Waals surface area contributed by atoms with Crippen molar-refractivity contribution in [3.63, 3.8) is 0 Å². The van der Waals surface area contributed by atoms with Crippen molar-refractivity contribution in [2.24, 2.45) is 0 Å². The quantitative estimate of drug-likeness (QED) is 0.457.